The lowest BCUT2D eigenvalue weighted by Crippen LogP contribution is -2.18. The monoisotopic (exact) mass is 298 g/mol. The van der Waals surface area contributed by atoms with Gasteiger partial charge in [0.2, 0.25) is 5.91 Å². The molecule has 3 N–H and O–H groups in total. The number of rotatable bonds is 9. The van der Waals surface area contributed by atoms with Crippen molar-refractivity contribution in [1.29, 1.82) is 0 Å². The molecule has 1 aromatic carbocycles. The van der Waals surface area contributed by atoms with Crippen LogP contribution in [0, 0.1) is 5.82 Å². The van der Waals surface area contributed by atoms with Crippen LogP contribution in [-0.4, -0.2) is 31.8 Å². The highest BCUT2D eigenvalue weighted by molar-refractivity contribution is 5.93. The van der Waals surface area contributed by atoms with Crippen molar-refractivity contribution in [2.45, 2.75) is 32.8 Å². The van der Waals surface area contributed by atoms with Crippen molar-refractivity contribution in [2.75, 3.05) is 30.9 Å². The molecule has 0 aliphatic carbocycles. The number of nitrogen functional groups attached to an aromatic ring is 1. The van der Waals surface area contributed by atoms with E-state index >= 15 is 0 Å². The number of halogens is 1. The summed E-state index contributed by atoms with van der Waals surface area (Å²) in [5.74, 6) is -0.600. The molecule has 1 atom stereocenters. The predicted molar refractivity (Wildman–Crippen MR) is 80.6 cm³/mol. The molecule has 0 radical (unpaired) electrons. The van der Waals surface area contributed by atoms with Crippen LogP contribution in [0.2, 0.25) is 0 Å². The topological polar surface area (TPSA) is 73.6 Å². The van der Waals surface area contributed by atoms with E-state index in [4.69, 9.17) is 15.2 Å². The van der Waals surface area contributed by atoms with E-state index in [1.54, 1.807) is 0 Å². The van der Waals surface area contributed by atoms with Crippen molar-refractivity contribution >= 4 is 17.3 Å². The molecule has 0 aliphatic rings. The molecule has 0 fully saturated rings. The normalized spacial score (nSPS) is 12.1. The molecule has 1 aromatic rings. The summed E-state index contributed by atoms with van der Waals surface area (Å²) in [5.41, 5.74) is 6.25. The second-order valence-corrected chi connectivity index (χ2v) is 4.72. The first-order chi connectivity index (χ1) is 10.0. The van der Waals surface area contributed by atoms with Crippen LogP contribution in [0.3, 0.4) is 0 Å². The van der Waals surface area contributed by atoms with Gasteiger partial charge in [-0.15, -0.1) is 0 Å². The van der Waals surface area contributed by atoms with Gasteiger partial charge in [-0.2, -0.15) is 0 Å². The third-order valence-electron chi connectivity index (χ3n) is 2.79. The SMILES string of the molecule is CCOCC(C)OCCCC(=O)Nc1ccc(F)cc1N. The zero-order valence-electron chi connectivity index (χ0n) is 12.5. The number of hydrogen-bond acceptors (Lipinski definition) is 4. The molecule has 118 valence electrons. The van der Waals surface area contributed by atoms with Crippen LogP contribution in [0.1, 0.15) is 26.7 Å². The van der Waals surface area contributed by atoms with Crippen LogP contribution >= 0.6 is 0 Å². The van der Waals surface area contributed by atoms with Gasteiger partial charge in [0.15, 0.2) is 0 Å². The maximum atomic E-state index is 12.9. The summed E-state index contributed by atoms with van der Waals surface area (Å²) in [6.45, 7) is 5.55. The van der Waals surface area contributed by atoms with Crippen LogP contribution in [0.4, 0.5) is 15.8 Å². The van der Waals surface area contributed by atoms with Crippen molar-refractivity contribution in [3.8, 4) is 0 Å². The van der Waals surface area contributed by atoms with Gasteiger partial charge in [-0.3, -0.25) is 4.79 Å². The lowest BCUT2D eigenvalue weighted by atomic mass is 10.2. The average Bonchev–Trinajstić information content (AvgIpc) is 2.44. The molecule has 0 aromatic heterocycles. The summed E-state index contributed by atoms with van der Waals surface area (Å²) in [5, 5.41) is 2.65. The fourth-order valence-electron chi connectivity index (χ4n) is 1.71. The third kappa shape index (κ3) is 7.06. The van der Waals surface area contributed by atoms with Gasteiger partial charge in [-0.25, -0.2) is 4.39 Å². The Morgan fingerprint density at radius 1 is 1.48 bits per heavy atom. The molecule has 1 rings (SSSR count). The van der Waals surface area contributed by atoms with Crippen LogP contribution in [0.5, 0.6) is 0 Å². The fraction of sp³-hybridized carbons (Fsp3) is 0.533. The van der Waals surface area contributed by atoms with E-state index in [0.717, 1.165) is 0 Å². The molecule has 0 heterocycles. The van der Waals surface area contributed by atoms with Crippen LogP contribution < -0.4 is 11.1 Å². The van der Waals surface area contributed by atoms with Gasteiger partial charge in [0.05, 0.1) is 24.1 Å². The molecular weight excluding hydrogens is 275 g/mol. The molecule has 5 nitrogen and oxygen atoms in total. The maximum absolute atomic E-state index is 12.9. The number of amides is 1. The molecule has 1 amide bonds. The van der Waals surface area contributed by atoms with Crippen molar-refractivity contribution in [1.82, 2.24) is 0 Å². The summed E-state index contributed by atoms with van der Waals surface area (Å²) >= 11 is 0. The molecular formula is C15H23FN2O3. The summed E-state index contributed by atoms with van der Waals surface area (Å²) in [6.07, 6.45) is 0.933. The number of nitrogens with one attached hydrogen (secondary N) is 1. The quantitative estimate of drug-likeness (QED) is 0.543. The van der Waals surface area contributed by atoms with Crippen molar-refractivity contribution in [3.63, 3.8) is 0 Å². The molecule has 0 bridgehead atoms. The number of nitrogens with two attached hydrogens (primary N) is 1. The minimum absolute atomic E-state index is 0.0146. The number of ether oxygens (including phenoxy) is 2. The van der Waals surface area contributed by atoms with Gasteiger partial charge in [0.1, 0.15) is 5.82 Å². The number of anilines is 2. The zero-order chi connectivity index (χ0) is 15.7. The molecule has 1 unspecified atom stereocenters. The largest absolute Gasteiger partial charge is 0.397 e. The second-order valence-electron chi connectivity index (χ2n) is 4.72. The smallest absolute Gasteiger partial charge is 0.224 e. The standard InChI is InChI=1S/C15H23FN2O3/c1-3-20-10-11(2)21-8-4-5-15(19)18-14-7-6-12(16)9-13(14)17/h6-7,9,11H,3-5,8,10,17H2,1-2H3,(H,18,19). The number of benzene rings is 1. The predicted octanol–water partition coefficient (Wildman–Crippen LogP) is 2.57. The Kier molecular flexibility index (Phi) is 7.71. The summed E-state index contributed by atoms with van der Waals surface area (Å²) < 4.78 is 23.6. The molecule has 0 saturated carbocycles. The van der Waals surface area contributed by atoms with Crippen LogP contribution in [0.25, 0.3) is 0 Å². The number of carbonyl (C=O) groups excluding carboxylic acids is 1. The molecule has 0 spiro atoms. The van der Waals surface area contributed by atoms with Gasteiger partial charge in [0.25, 0.3) is 0 Å². The average molecular weight is 298 g/mol. The van der Waals surface area contributed by atoms with Gasteiger partial charge in [-0.1, -0.05) is 0 Å². The Morgan fingerprint density at radius 2 is 2.24 bits per heavy atom. The Bertz CT molecular complexity index is 455. The van der Waals surface area contributed by atoms with Gasteiger partial charge in [-0.05, 0) is 38.5 Å². The second kappa shape index (κ2) is 9.31. The van der Waals surface area contributed by atoms with E-state index in [9.17, 15) is 9.18 Å². The van der Waals surface area contributed by atoms with E-state index in [1.807, 2.05) is 13.8 Å². The lowest BCUT2D eigenvalue weighted by Gasteiger charge is -2.12. The van der Waals surface area contributed by atoms with Gasteiger partial charge < -0.3 is 20.5 Å². The Morgan fingerprint density at radius 3 is 2.90 bits per heavy atom. The van der Waals surface area contributed by atoms with E-state index < -0.39 is 5.82 Å². The first-order valence-electron chi connectivity index (χ1n) is 7.07. The van der Waals surface area contributed by atoms with Crippen molar-refractivity contribution < 1.29 is 18.7 Å². The Labute approximate surface area is 124 Å². The molecule has 0 aliphatic heterocycles. The van der Waals surface area contributed by atoms with Crippen molar-refractivity contribution in [3.05, 3.63) is 24.0 Å². The fourth-order valence-corrected chi connectivity index (χ4v) is 1.71. The van der Waals surface area contributed by atoms with E-state index in [2.05, 4.69) is 5.32 Å². The van der Waals surface area contributed by atoms with Crippen LogP contribution in [-0.2, 0) is 14.3 Å². The van der Waals surface area contributed by atoms with E-state index in [-0.39, 0.29) is 17.7 Å². The Hall–Kier alpha value is -1.66. The number of hydrogen-bond donors (Lipinski definition) is 2. The summed E-state index contributed by atoms with van der Waals surface area (Å²) in [4.78, 5) is 11.7. The summed E-state index contributed by atoms with van der Waals surface area (Å²) in [7, 11) is 0. The molecule has 6 heteroatoms. The zero-order valence-corrected chi connectivity index (χ0v) is 12.5. The highest BCUT2D eigenvalue weighted by Gasteiger charge is 2.07. The minimum atomic E-state index is -0.429. The van der Waals surface area contributed by atoms with Crippen molar-refractivity contribution in [2.24, 2.45) is 0 Å². The molecule has 0 saturated heterocycles. The van der Waals surface area contributed by atoms with Gasteiger partial charge >= 0.3 is 0 Å². The first kappa shape index (κ1) is 17.4. The third-order valence-corrected chi connectivity index (χ3v) is 2.79. The Balaban J connectivity index is 2.22. The first-order valence-corrected chi connectivity index (χ1v) is 7.07. The maximum Gasteiger partial charge on any atom is 0.224 e. The summed E-state index contributed by atoms with van der Waals surface area (Å²) in [6, 6.07) is 3.88. The lowest BCUT2D eigenvalue weighted by molar-refractivity contribution is -0.116. The van der Waals surface area contributed by atoms with E-state index in [0.29, 0.717) is 38.3 Å². The van der Waals surface area contributed by atoms with Crippen LogP contribution in [0.15, 0.2) is 18.2 Å². The minimum Gasteiger partial charge on any atom is -0.397 e. The van der Waals surface area contributed by atoms with E-state index in [1.165, 1.54) is 18.2 Å². The van der Waals surface area contributed by atoms with Gasteiger partial charge in [0, 0.05) is 19.6 Å². The number of carbonyl (C=O) groups is 1. The highest BCUT2D eigenvalue weighted by atomic mass is 19.1. The molecule has 21 heavy (non-hydrogen) atoms. The highest BCUT2D eigenvalue weighted by Crippen LogP contribution is 2.19.